The molecule has 0 aliphatic carbocycles. The van der Waals surface area contributed by atoms with Crippen molar-refractivity contribution in [1.82, 2.24) is 8.54 Å². The summed E-state index contributed by atoms with van der Waals surface area (Å²) in [4.78, 5) is 27.8. The van der Waals surface area contributed by atoms with Crippen LogP contribution in [-0.4, -0.2) is 22.9 Å². The highest BCUT2D eigenvalue weighted by Crippen LogP contribution is 2.29. The van der Waals surface area contributed by atoms with E-state index >= 15 is 0 Å². The summed E-state index contributed by atoms with van der Waals surface area (Å²) in [5.41, 5.74) is 1.37. The van der Waals surface area contributed by atoms with E-state index in [-0.39, 0.29) is 15.9 Å². The van der Waals surface area contributed by atoms with E-state index in [1.165, 1.54) is 12.1 Å². The van der Waals surface area contributed by atoms with Gasteiger partial charge in [0.25, 0.3) is 10.0 Å². The van der Waals surface area contributed by atoms with Crippen molar-refractivity contribution in [3.05, 3.63) is 136 Å². The van der Waals surface area contributed by atoms with Crippen molar-refractivity contribution in [3.8, 4) is 0 Å². The molecule has 0 fully saturated rings. The molecule has 0 N–H and O–H groups in total. The molecule has 0 saturated carbocycles. The van der Waals surface area contributed by atoms with Crippen LogP contribution in [-0.2, 0) is 10.0 Å². The maximum atomic E-state index is 14.1. The number of nitrogens with zero attached hydrogens (tertiary/aromatic N) is 2. The zero-order valence-corrected chi connectivity index (χ0v) is 19.7. The second-order valence-electron chi connectivity index (χ2n) is 8.23. The Hall–Kier alpha value is -4.23. The summed E-state index contributed by atoms with van der Waals surface area (Å²) in [5, 5.41) is 0. The van der Waals surface area contributed by atoms with Crippen molar-refractivity contribution >= 4 is 27.0 Å². The highest BCUT2D eigenvalue weighted by Gasteiger charge is 2.32. The number of imidazole rings is 1. The average molecular weight is 483 g/mol. The van der Waals surface area contributed by atoms with Gasteiger partial charge in [-0.15, -0.1) is 0 Å². The Labute approximate surface area is 202 Å². The normalized spacial score (nSPS) is 11.7. The molecule has 0 spiro atoms. The second-order valence-corrected chi connectivity index (χ2v) is 9.99. The molecule has 0 radical (unpaired) electrons. The smallest absolute Gasteiger partial charge is 0.273 e. The summed E-state index contributed by atoms with van der Waals surface area (Å²) in [6.45, 7) is 1.67. The van der Waals surface area contributed by atoms with Gasteiger partial charge in [0.2, 0.25) is 5.91 Å². The molecule has 0 unspecified atom stereocenters. The van der Waals surface area contributed by atoms with E-state index in [2.05, 4.69) is 0 Å². The van der Waals surface area contributed by atoms with Crippen molar-refractivity contribution in [2.24, 2.45) is 0 Å². The first kappa shape index (κ1) is 22.6. The lowest BCUT2D eigenvalue weighted by Gasteiger charge is -2.17. The van der Waals surface area contributed by atoms with Gasteiger partial charge >= 0.3 is 5.69 Å². The average Bonchev–Trinajstić information content (AvgIpc) is 3.18. The summed E-state index contributed by atoms with van der Waals surface area (Å²) in [7, 11) is -4.26. The molecule has 0 atom stereocenters. The Morgan fingerprint density at radius 2 is 1.17 bits per heavy atom. The van der Waals surface area contributed by atoms with Crippen LogP contribution >= 0.6 is 0 Å². The van der Waals surface area contributed by atoms with Gasteiger partial charge in [-0.3, -0.25) is 4.79 Å². The van der Waals surface area contributed by atoms with Gasteiger partial charge < -0.3 is 0 Å². The summed E-state index contributed by atoms with van der Waals surface area (Å²) in [5.74, 6) is -1.32. The highest BCUT2D eigenvalue weighted by molar-refractivity contribution is 7.90. The van der Waals surface area contributed by atoms with Gasteiger partial charge in [-0.2, -0.15) is 3.97 Å². The third kappa shape index (κ3) is 3.80. The number of hydrogen-bond acceptors (Lipinski definition) is 4. The first-order valence-corrected chi connectivity index (χ1v) is 12.5. The lowest BCUT2D eigenvalue weighted by Crippen LogP contribution is -2.35. The largest absolute Gasteiger partial charge is 0.350 e. The topological polar surface area (TPSA) is 78.1 Å². The number of carbonyl (C=O) groups excluding carboxylic acids is 1. The minimum absolute atomic E-state index is 0.0140. The van der Waals surface area contributed by atoms with E-state index in [4.69, 9.17) is 0 Å². The van der Waals surface area contributed by atoms with Crippen LogP contribution in [0.3, 0.4) is 0 Å². The number of para-hydroxylation sites is 2. The molecule has 5 aromatic rings. The molecule has 174 valence electrons. The molecule has 35 heavy (non-hydrogen) atoms. The molecule has 6 nitrogen and oxygen atoms in total. The van der Waals surface area contributed by atoms with Gasteiger partial charge in [0.15, 0.2) is 0 Å². The molecule has 5 rings (SSSR count). The number of carbonyl (C=O) groups is 1. The first-order valence-electron chi connectivity index (χ1n) is 11.1. The third-order valence-electron chi connectivity index (χ3n) is 6.05. The number of hydrogen-bond donors (Lipinski definition) is 0. The monoisotopic (exact) mass is 482 g/mol. The van der Waals surface area contributed by atoms with Gasteiger partial charge in [-0.1, -0.05) is 91.0 Å². The van der Waals surface area contributed by atoms with Gasteiger partial charge in [0, 0.05) is 0 Å². The van der Waals surface area contributed by atoms with Crippen LogP contribution in [0.25, 0.3) is 11.0 Å². The summed E-state index contributed by atoms with van der Waals surface area (Å²) >= 11 is 0. The van der Waals surface area contributed by atoms with Crippen LogP contribution < -0.4 is 5.69 Å². The standard InChI is InChI=1S/C28H22N2O4S/c1-20-12-8-11-19-25(20)35(33,34)30-24-18-10-9-17-23(24)29(28(30)32)27(31)26(21-13-4-2-5-14-21)22-15-6-3-7-16-22/h2-19,26H,1H3. The number of aromatic nitrogens is 2. The van der Waals surface area contributed by atoms with E-state index in [0.29, 0.717) is 16.7 Å². The number of benzene rings is 4. The fourth-order valence-electron chi connectivity index (χ4n) is 4.41. The van der Waals surface area contributed by atoms with Crippen molar-refractivity contribution in [2.75, 3.05) is 0 Å². The Morgan fingerprint density at radius 3 is 1.74 bits per heavy atom. The van der Waals surface area contributed by atoms with Crippen LogP contribution in [0.15, 0.2) is 119 Å². The predicted octanol–water partition coefficient (Wildman–Crippen LogP) is 4.82. The molecule has 1 aromatic heterocycles. The molecule has 0 bridgehead atoms. The molecule has 4 aromatic carbocycles. The van der Waals surface area contributed by atoms with E-state index < -0.39 is 27.5 Å². The molecule has 0 amide bonds. The SMILES string of the molecule is Cc1ccccc1S(=O)(=O)n1c(=O)n(C(=O)C(c2ccccc2)c2ccccc2)c2ccccc21. The van der Waals surface area contributed by atoms with E-state index in [0.717, 1.165) is 8.54 Å². The molecular weight excluding hydrogens is 460 g/mol. The number of fused-ring (bicyclic) bond motifs is 1. The van der Waals surface area contributed by atoms with Gasteiger partial charge in [-0.25, -0.2) is 17.8 Å². The molecule has 1 heterocycles. The maximum Gasteiger partial charge on any atom is 0.350 e. The van der Waals surface area contributed by atoms with E-state index in [1.807, 2.05) is 60.7 Å². The van der Waals surface area contributed by atoms with Gasteiger partial charge in [0.1, 0.15) is 0 Å². The third-order valence-corrected chi connectivity index (χ3v) is 7.90. The Kier molecular flexibility index (Phi) is 5.70. The Balaban J connectivity index is 1.78. The molecule has 0 aliphatic rings. The summed E-state index contributed by atoms with van der Waals surface area (Å²) < 4.78 is 29.1. The van der Waals surface area contributed by atoms with Crippen molar-refractivity contribution < 1.29 is 13.2 Å². The zero-order chi connectivity index (χ0) is 24.6. The lowest BCUT2D eigenvalue weighted by atomic mass is 9.90. The molecular formula is C28H22N2O4S. The minimum Gasteiger partial charge on any atom is -0.273 e. The molecule has 0 saturated heterocycles. The van der Waals surface area contributed by atoms with Gasteiger partial charge in [-0.05, 0) is 41.8 Å². The minimum atomic E-state index is -4.26. The van der Waals surface area contributed by atoms with Crippen LogP contribution in [0.4, 0.5) is 0 Å². The molecule has 7 heteroatoms. The summed E-state index contributed by atoms with van der Waals surface area (Å²) in [6, 6.07) is 31.2. The van der Waals surface area contributed by atoms with Crippen LogP contribution in [0, 0.1) is 6.92 Å². The zero-order valence-electron chi connectivity index (χ0n) is 18.9. The maximum absolute atomic E-state index is 14.1. The van der Waals surface area contributed by atoms with Crippen molar-refractivity contribution in [1.29, 1.82) is 0 Å². The van der Waals surface area contributed by atoms with Gasteiger partial charge in [0.05, 0.1) is 21.8 Å². The highest BCUT2D eigenvalue weighted by atomic mass is 32.2. The fourth-order valence-corrected chi connectivity index (χ4v) is 6.03. The van der Waals surface area contributed by atoms with E-state index in [9.17, 15) is 18.0 Å². The van der Waals surface area contributed by atoms with Crippen molar-refractivity contribution in [3.63, 3.8) is 0 Å². The van der Waals surface area contributed by atoms with Crippen molar-refractivity contribution in [2.45, 2.75) is 17.7 Å². The van der Waals surface area contributed by atoms with Crippen LogP contribution in [0.2, 0.25) is 0 Å². The predicted molar refractivity (Wildman–Crippen MR) is 135 cm³/mol. The Morgan fingerprint density at radius 1 is 0.686 bits per heavy atom. The lowest BCUT2D eigenvalue weighted by molar-refractivity contribution is 0.0894. The molecule has 0 aliphatic heterocycles. The number of rotatable bonds is 5. The first-order chi connectivity index (χ1) is 16.9. The fraction of sp³-hybridized carbons (Fsp3) is 0.0714. The summed E-state index contributed by atoms with van der Waals surface area (Å²) in [6.07, 6.45) is 0. The Bertz CT molecular complexity index is 1660. The number of aryl methyl sites for hydroxylation is 1. The van der Waals surface area contributed by atoms with E-state index in [1.54, 1.807) is 43.3 Å². The quantitative estimate of drug-likeness (QED) is 0.360. The second kappa shape index (κ2) is 8.85. The van der Waals surface area contributed by atoms with Crippen LogP contribution in [0.1, 0.15) is 27.4 Å². The van der Waals surface area contributed by atoms with Crippen LogP contribution in [0.5, 0.6) is 0 Å².